The molecule has 0 radical (unpaired) electrons. The second-order valence-electron chi connectivity index (χ2n) is 4.18. The Hall–Kier alpha value is -2.21. The van der Waals surface area contributed by atoms with Crippen molar-refractivity contribution in [2.24, 2.45) is 0 Å². The van der Waals surface area contributed by atoms with E-state index in [9.17, 15) is 17.6 Å². The van der Waals surface area contributed by atoms with Gasteiger partial charge in [0, 0.05) is 5.56 Å². The first-order chi connectivity index (χ1) is 9.38. The summed E-state index contributed by atoms with van der Waals surface area (Å²) >= 11 is 0. The molecule has 0 aliphatic carbocycles. The predicted octanol–water partition coefficient (Wildman–Crippen LogP) is 2.19. The van der Waals surface area contributed by atoms with Crippen LogP contribution in [0.1, 0.15) is 10.4 Å². The van der Waals surface area contributed by atoms with Crippen LogP contribution in [0, 0.1) is 5.82 Å². The van der Waals surface area contributed by atoms with Crippen molar-refractivity contribution >= 4 is 15.6 Å². The van der Waals surface area contributed by atoms with Gasteiger partial charge in [-0.1, -0.05) is 0 Å². The maximum atomic E-state index is 12.8. The molecule has 0 saturated heterocycles. The zero-order valence-electron chi connectivity index (χ0n) is 10.3. The Morgan fingerprint density at radius 3 is 2.10 bits per heavy atom. The second-order valence-corrected chi connectivity index (χ2v) is 6.17. The fraction of sp³-hybridized carbons (Fsp3) is 0.0714. The molecule has 2 aromatic rings. The first-order valence-electron chi connectivity index (χ1n) is 5.69. The third-order valence-corrected chi connectivity index (χ3v) is 4.32. The minimum Gasteiger partial charge on any atom is -0.508 e. The van der Waals surface area contributed by atoms with Crippen LogP contribution in [0.2, 0.25) is 0 Å². The number of carbonyl (C=O) groups is 1. The molecule has 6 heteroatoms. The first-order valence-corrected chi connectivity index (χ1v) is 7.34. The Morgan fingerprint density at radius 1 is 1.00 bits per heavy atom. The number of sulfone groups is 1. The highest BCUT2D eigenvalue weighted by atomic mass is 32.2. The van der Waals surface area contributed by atoms with Gasteiger partial charge in [-0.15, -0.1) is 0 Å². The van der Waals surface area contributed by atoms with Gasteiger partial charge in [-0.3, -0.25) is 4.79 Å². The molecule has 0 aromatic heterocycles. The molecule has 0 bridgehead atoms. The van der Waals surface area contributed by atoms with E-state index in [-0.39, 0.29) is 16.2 Å². The van der Waals surface area contributed by atoms with Crippen LogP contribution in [0.5, 0.6) is 5.75 Å². The highest BCUT2D eigenvalue weighted by Gasteiger charge is 2.20. The van der Waals surface area contributed by atoms with Crippen LogP contribution < -0.4 is 0 Å². The van der Waals surface area contributed by atoms with E-state index in [0.29, 0.717) is 0 Å². The molecule has 4 nitrogen and oxygen atoms in total. The number of phenolic OH excluding ortho intramolecular Hbond substituents is 1. The number of phenols is 1. The smallest absolute Gasteiger partial charge is 0.185 e. The zero-order valence-corrected chi connectivity index (χ0v) is 11.1. The second kappa shape index (κ2) is 5.42. The Labute approximate surface area is 115 Å². The quantitative estimate of drug-likeness (QED) is 0.693. The van der Waals surface area contributed by atoms with E-state index in [1.165, 1.54) is 24.3 Å². The molecule has 0 spiro atoms. The average Bonchev–Trinajstić information content (AvgIpc) is 2.39. The SMILES string of the molecule is O=C(CS(=O)(=O)c1ccc(F)cc1)c1ccc(O)cc1. The topological polar surface area (TPSA) is 71.4 Å². The number of aromatic hydroxyl groups is 1. The minimum absolute atomic E-state index is 0.0112. The molecule has 0 atom stereocenters. The predicted molar refractivity (Wildman–Crippen MR) is 70.9 cm³/mol. The number of hydrogen-bond acceptors (Lipinski definition) is 4. The molecular formula is C14H11FO4S. The zero-order chi connectivity index (χ0) is 14.8. The molecule has 0 aliphatic rings. The van der Waals surface area contributed by atoms with Gasteiger partial charge in [0.2, 0.25) is 0 Å². The highest BCUT2D eigenvalue weighted by molar-refractivity contribution is 7.92. The fourth-order valence-corrected chi connectivity index (χ4v) is 2.86. The van der Waals surface area contributed by atoms with Gasteiger partial charge in [0.15, 0.2) is 15.6 Å². The molecule has 0 fully saturated rings. The van der Waals surface area contributed by atoms with Crippen molar-refractivity contribution in [1.29, 1.82) is 0 Å². The third-order valence-electron chi connectivity index (χ3n) is 2.68. The Morgan fingerprint density at radius 2 is 1.55 bits per heavy atom. The lowest BCUT2D eigenvalue weighted by Gasteiger charge is -2.04. The van der Waals surface area contributed by atoms with Crippen LogP contribution in [-0.4, -0.2) is 25.1 Å². The highest BCUT2D eigenvalue weighted by Crippen LogP contribution is 2.15. The van der Waals surface area contributed by atoms with Crippen molar-refractivity contribution < 1.29 is 22.7 Å². The summed E-state index contributed by atoms with van der Waals surface area (Å²) in [7, 11) is -3.81. The summed E-state index contributed by atoms with van der Waals surface area (Å²) in [5.74, 6) is -1.85. The number of benzene rings is 2. The molecule has 20 heavy (non-hydrogen) atoms. The number of rotatable bonds is 4. The molecule has 0 heterocycles. The summed E-state index contributed by atoms with van der Waals surface area (Å²) in [5.41, 5.74) is 0.188. The van der Waals surface area contributed by atoms with Crippen molar-refractivity contribution in [2.75, 3.05) is 5.75 Å². The van der Waals surface area contributed by atoms with Crippen molar-refractivity contribution in [2.45, 2.75) is 4.90 Å². The van der Waals surface area contributed by atoms with E-state index in [0.717, 1.165) is 24.3 Å². The van der Waals surface area contributed by atoms with E-state index in [2.05, 4.69) is 0 Å². The van der Waals surface area contributed by atoms with Gasteiger partial charge >= 0.3 is 0 Å². The van der Waals surface area contributed by atoms with Gasteiger partial charge in [0.05, 0.1) is 4.90 Å². The molecule has 2 rings (SSSR count). The van der Waals surface area contributed by atoms with Crippen molar-refractivity contribution in [3.05, 3.63) is 59.9 Å². The Bertz CT molecular complexity index is 719. The third kappa shape index (κ3) is 3.21. The van der Waals surface area contributed by atoms with Crippen LogP contribution in [0.3, 0.4) is 0 Å². The normalized spacial score (nSPS) is 11.2. The van der Waals surface area contributed by atoms with E-state index in [1.807, 2.05) is 0 Å². The number of hydrogen-bond donors (Lipinski definition) is 1. The van der Waals surface area contributed by atoms with Gasteiger partial charge in [0.1, 0.15) is 17.3 Å². The van der Waals surface area contributed by atoms with Crippen LogP contribution in [0.15, 0.2) is 53.4 Å². The van der Waals surface area contributed by atoms with E-state index in [1.54, 1.807) is 0 Å². The maximum Gasteiger partial charge on any atom is 0.185 e. The molecular weight excluding hydrogens is 283 g/mol. The van der Waals surface area contributed by atoms with Gasteiger partial charge in [-0.05, 0) is 48.5 Å². The summed E-state index contributed by atoms with van der Waals surface area (Å²) < 4.78 is 36.8. The minimum atomic E-state index is -3.81. The monoisotopic (exact) mass is 294 g/mol. The Kier molecular flexibility index (Phi) is 3.85. The molecule has 0 unspecified atom stereocenters. The van der Waals surface area contributed by atoms with Crippen LogP contribution in [0.4, 0.5) is 4.39 Å². The summed E-state index contributed by atoms with van der Waals surface area (Å²) in [6.45, 7) is 0. The largest absolute Gasteiger partial charge is 0.508 e. The van der Waals surface area contributed by atoms with Crippen LogP contribution in [0.25, 0.3) is 0 Å². The standard InChI is InChI=1S/C14H11FO4S/c15-11-3-7-13(8-4-11)20(18,19)9-14(17)10-1-5-12(16)6-2-10/h1-8,16H,9H2. The molecule has 0 amide bonds. The van der Waals surface area contributed by atoms with Crippen molar-refractivity contribution in [3.8, 4) is 5.75 Å². The number of ketones is 1. The molecule has 0 aliphatic heterocycles. The molecule has 104 valence electrons. The summed E-state index contributed by atoms with van der Waals surface area (Å²) in [4.78, 5) is 11.8. The van der Waals surface area contributed by atoms with Crippen LogP contribution in [-0.2, 0) is 9.84 Å². The van der Waals surface area contributed by atoms with Gasteiger partial charge in [-0.2, -0.15) is 0 Å². The molecule has 1 N–H and O–H groups in total. The van der Waals surface area contributed by atoms with E-state index in [4.69, 9.17) is 5.11 Å². The maximum absolute atomic E-state index is 12.8. The summed E-state index contributed by atoms with van der Waals surface area (Å²) in [6, 6.07) is 9.59. The Balaban J connectivity index is 2.22. The average molecular weight is 294 g/mol. The molecule has 0 saturated carbocycles. The van der Waals surface area contributed by atoms with Gasteiger partial charge < -0.3 is 5.11 Å². The van der Waals surface area contributed by atoms with Gasteiger partial charge in [-0.25, -0.2) is 12.8 Å². The summed E-state index contributed by atoms with van der Waals surface area (Å²) in [5, 5.41) is 9.11. The lowest BCUT2D eigenvalue weighted by atomic mass is 10.1. The number of halogens is 1. The van der Waals surface area contributed by atoms with E-state index < -0.39 is 27.2 Å². The van der Waals surface area contributed by atoms with E-state index >= 15 is 0 Å². The van der Waals surface area contributed by atoms with Gasteiger partial charge in [0.25, 0.3) is 0 Å². The van der Waals surface area contributed by atoms with Crippen LogP contribution >= 0.6 is 0 Å². The molecule has 2 aromatic carbocycles. The lowest BCUT2D eigenvalue weighted by molar-refractivity contribution is 0.102. The first kappa shape index (κ1) is 14.2. The van der Waals surface area contributed by atoms with Crippen molar-refractivity contribution in [1.82, 2.24) is 0 Å². The number of Topliss-reactive ketones (excluding diaryl/α,β-unsaturated/α-hetero) is 1. The lowest BCUT2D eigenvalue weighted by Crippen LogP contribution is -2.16. The summed E-state index contributed by atoms with van der Waals surface area (Å²) in [6.07, 6.45) is 0. The fourth-order valence-electron chi connectivity index (χ4n) is 1.63. The number of carbonyl (C=O) groups excluding carboxylic acids is 1. The van der Waals surface area contributed by atoms with Crippen molar-refractivity contribution in [3.63, 3.8) is 0 Å².